The van der Waals surface area contributed by atoms with Gasteiger partial charge in [-0.05, 0) is 52.4 Å². The van der Waals surface area contributed by atoms with E-state index in [1.54, 1.807) is 0 Å². The average molecular weight is 390 g/mol. The number of alkyl halides is 6. The Bertz CT molecular complexity index is 570. The van der Waals surface area contributed by atoms with Crippen LogP contribution in [-0.2, 0) is 9.53 Å². The molecule has 0 saturated heterocycles. The number of esters is 1. The van der Waals surface area contributed by atoms with Crippen molar-refractivity contribution in [2.75, 3.05) is 0 Å². The molecule has 0 aliphatic heterocycles. The summed E-state index contributed by atoms with van der Waals surface area (Å²) in [5, 5.41) is 10.0. The normalized spacial score (nSPS) is 36.5. The monoisotopic (exact) mass is 390 g/mol. The van der Waals surface area contributed by atoms with Crippen molar-refractivity contribution in [3.8, 4) is 0 Å². The van der Waals surface area contributed by atoms with Gasteiger partial charge in [-0.15, -0.1) is 0 Å². The second kappa shape index (κ2) is 6.01. The SMILES string of the molecule is CCC(C)(C(=O)OC1(C)CC2CC1C(C(C)(O)C(F)(F)F)C2)C(F)(F)F. The fraction of sp³-hybridized carbons (Fsp3) is 0.941. The van der Waals surface area contributed by atoms with Crippen LogP contribution in [0.2, 0.25) is 0 Å². The van der Waals surface area contributed by atoms with E-state index in [1.807, 2.05) is 0 Å². The number of ether oxygens (including phenoxy) is 1. The van der Waals surface area contributed by atoms with E-state index in [1.165, 1.54) is 13.8 Å². The van der Waals surface area contributed by atoms with E-state index in [0.29, 0.717) is 6.92 Å². The van der Waals surface area contributed by atoms with Crippen LogP contribution in [-0.4, -0.2) is 34.6 Å². The second-order valence-corrected chi connectivity index (χ2v) is 8.29. The fourth-order valence-electron chi connectivity index (χ4n) is 4.44. The Hall–Kier alpha value is -0.990. The number of carbonyl (C=O) groups is 1. The first-order valence-corrected chi connectivity index (χ1v) is 8.59. The predicted molar refractivity (Wildman–Crippen MR) is 79.9 cm³/mol. The molecule has 2 saturated carbocycles. The highest BCUT2D eigenvalue weighted by Gasteiger charge is 2.67. The Balaban J connectivity index is 2.27. The van der Waals surface area contributed by atoms with E-state index in [2.05, 4.69) is 0 Å². The lowest BCUT2D eigenvalue weighted by Crippen LogP contribution is -2.56. The molecule has 0 heterocycles. The molecule has 0 amide bonds. The summed E-state index contributed by atoms with van der Waals surface area (Å²) in [6.07, 6.45) is -9.65. The van der Waals surface area contributed by atoms with E-state index in [-0.39, 0.29) is 25.2 Å². The van der Waals surface area contributed by atoms with Crippen molar-refractivity contribution in [2.24, 2.45) is 23.2 Å². The minimum Gasteiger partial charge on any atom is -0.458 e. The Kier molecular flexibility index (Phi) is 4.92. The van der Waals surface area contributed by atoms with Gasteiger partial charge >= 0.3 is 18.3 Å². The molecule has 6 unspecified atom stereocenters. The zero-order chi connectivity index (χ0) is 20.3. The molecule has 26 heavy (non-hydrogen) atoms. The maximum absolute atomic E-state index is 13.3. The molecule has 152 valence electrons. The number of carbonyl (C=O) groups excluding carboxylic acids is 1. The van der Waals surface area contributed by atoms with E-state index >= 15 is 0 Å². The van der Waals surface area contributed by atoms with E-state index in [0.717, 1.165) is 6.92 Å². The summed E-state index contributed by atoms with van der Waals surface area (Å²) in [7, 11) is 0. The van der Waals surface area contributed by atoms with Crippen LogP contribution < -0.4 is 0 Å². The maximum atomic E-state index is 13.3. The number of hydrogen-bond donors (Lipinski definition) is 1. The van der Waals surface area contributed by atoms with Crippen LogP contribution in [0.3, 0.4) is 0 Å². The van der Waals surface area contributed by atoms with Gasteiger partial charge < -0.3 is 9.84 Å². The van der Waals surface area contributed by atoms with E-state index < -0.39 is 53.2 Å². The highest BCUT2D eigenvalue weighted by molar-refractivity contribution is 5.78. The summed E-state index contributed by atoms with van der Waals surface area (Å²) in [4.78, 5) is 12.3. The van der Waals surface area contributed by atoms with Gasteiger partial charge in [0.25, 0.3) is 0 Å². The number of hydrogen-bond acceptors (Lipinski definition) is 3. The fourth-order valence-corrected chi connectivity index (χ4v) is 4.44. The van der Waals surface area contributed by atoms with Crippen LogP contribution in [0, 0.1) is 23.2 Å². The van der Waals surface area contributed by atoms with Crippen LogP contribution in [0.15, 0.2) is 0 Å². The molecule has 2 aliphatic carbocycles. The highest BCUT2D eigenvalue weighted by atomic mass is 19.4. The molecule has 1 N–H and O–H groups in total. The first-order valence-electron chi connectivity index (χ1n) is 8.59. The molecule has 6 atom stereocenters. The van der Waals surface area contributed by atoms with Gasteiger partial charge in [0, 0.05) is 11.8 Å². The molecule has 0 aromatic heterocycles. The third-order valence-corrected chi connectivity index (χ3v) is 6.54. The van der Waals surface area contributed by atoms with Crippen LogP contribution >= 0.6 is 0 Å². The Morgan fingerprint density at radius 3 is 2.04 bits per heavy atom. The largest absolute Gasteiger partial charge is 0.458 e. The molecular weight excluding hydrogens is 366 g/mol. The van der Waals surface area contributed by atoms with Gasteiger partial charge in [0.1, 0.15) is 5.60 Å². The van der Waals surface area contributed by atoms with Crippen molar-refractivity contribution < 1.29 is 41.0 Å². The standard InChI is InChI=1S/C17H24F6O3/c1-5-13(2,16(18,19)20)12(24)26-14(3)8-9-6-10(14)11(7-9)15(4,25)17(21,22)23/h9-11,25H,5-8H2,1-4H3. The first-order chi connectivity index (χ1) is 11.5. The minimum atomic E-state index is -4.88. The van der Waals surface area contributed by atoms with Crippen molar-refractivity contribution in [3.63, 3.8) is 0 Å². The molecule has 0 spiro atoms. The summed E-state index contributed by atoms with van der Waals surface area (Å²) < 4.78 is 84.7. The van der Waals surface area contributed by atoms with Gasteiger partial charge in [0.2, 0.25) is 0 Å². The lowest BCUT2D eigenvalue weighted by molar-refractivity contribution is -0.285. The lowest BCUT2D eigenvalue weighted by atomic mass is 9.70. The molecule has 2 rings (SSSR count). The quantitative estimate of drug-likeness (QED) is 0.563. The molecule has 0 radical (unpaired) electrons. The average Bonchev–Trinajstić information content (AvgIpc) is 3.00. The van der Waals surface area contributed by atoms with Crippen LogP contribution in [0.4, 0.5) is 26.3 Å². The molecule has 0 aromatic rings. The smallest absolute Gasteiger partial charge is 0.417 e. The Morgan fingerprint density at radius 2 is 1.65 bits per heavy atom. The number of aliphatic hydroxyl groups is 1. The van der Waals surface area contributed by atoms with Gasteiger partial charge in [-0.2, -0.15) is 26.3 Å². The van der Waals surface area contributed by atoms with Crippen molar-refractivity contribution in [1.82, 2.24) is 0 Å². The van der Waals surface area contributed by atoms with Gasteiger partial charge in [0.15, 0.2) is 11.0 Å². The summed E-state index contributed by atoms with van der Waals surface area (Å²) in [6.45, 7) is 3.98. The highest BCUT2D eigenvalue weighted by Crippen LogP contribution is 2.61. The maximum Gasteiger partial charge on any atom is 0.417 e. The molecule has 2 aliphatic rings. The topological polar surface area (TPSA) is 46.5 Å². The second-order valence-electron chi connectivity index (χ2n) is 8.29. The molecule has 2 bridgehead atoms. The molecule has 0 aromatic carbocycles. The summed E-state index contributed by atoms with van der Waals surface area (Å²) in [5.74, 6) is -3.77. The van der Waals surface area contributed by atoms with Gasteiger partial charge in [-0.3, -0.25) is 4.79 Å². The van der Waals surface area contributed by atoms with Crippen LogP contribution in [0.5, 0.6) is 0 Å². The zero-order valence-corrected chi connectivity index (χ0v) is 15.1. The molecule has 3 nitrogen and oxygen atoms in total. The summed E-state index contributed by atoms with van der Waals surface area (Å²) in [5.41, 5.74) is -7.17. The number of halogens is 6. The molecule has 9 heteroatoms. The Morgan fingerprint density at radius 1 is 1.12 bits per heavy atom. The minimum absolute atomic E-state index is 0.106. The predicted octanol–water partition coefficient (Wildman–Crippen LogP) is 4.63. The summed E-state index contributed by atoms with van der Waals surface area (Å²) >= 11 is 0. The first kappa shape index (κ1) is 21.3. The van der Waals surface area contributed by atoms with Gasteiger partial charge in [-0.25, -0.2) is 0 Å². The van der Waals surface area contributed by atoms with E-state index in [9.17, 15) is 36.2 Å². The third kappa shape index (κ3) is 3.10. The third-order valence-electron chi connectivity index (χ3n) is 6.54. The zero-order valence-electron chi connectivity index (χ0n) is 15.1. The van der Waals surface area contributed by atoms with Crippen LogP contribution in [0.1, 0.15) is 53.4 Å². The number of rotatable bonds is 4. The van der Waals surface area contributed by atoms with Crippen molar-refractivity contribution >= 4 is 5.97 Å². The van der Waals surface area contributed by atoms with Gasteiger partial charge in [-0.1, -0.05) is 6.92 Å². The Labute approximate surface area is 148 Å². The van der Waals surface area contributed by atoms with Gasteiger partial charge in [0.05, 0.1) is 0 Å². The summed E-state index contributed by atoms with van der Waals surface area (Å²) in [6, 6.07) is 0. The van der Waals surface area contributed by atoms with Crippen molar-refractivity contribution in [2.45, 2.75) is 76.9 Å². The van der Waals surface area contributed by atoms with Crippen molar-refractivity contribution in [1.29, 1.82) is 0 Å². The number of fused-ring (bicyclic) bond motifs is 2. The lowest BCUT2D eigenvalue weighted by Gasteiger charge is -2.45. The van der Waals surface area contributed by atoms with Crippen molar-refractivity contribution in [3.05, 3.63) is 0 Å². The van der Waals surface area contributed by atoms with Crippen LogP contribution in [0.25, 0.3) is 0 Å². The molecule has 2 fully saturated rings. The van der Waals surface area contributed by atoms with E-state index in [4.69, 9.17) is 4.74 Å². The molecular formula is C17H24F6O3.